The number of ether oxygens (including phenoxy) is 2. The molecule has 1 aliphatic rings. The van der Waals surface area contributed by atoms with Crippen LogP contribution in [0.3, 0.4) is 0 Å². The van der Waals surface area contributed by atoms with Gasteiger partial charge in [-0.05, 0) is 72.2 Å². The molecule has 2 N–H and O–H groups in total. The van der Waals surface area contributed by atoms with E-state index in [-0.39, 0.29) is 29.0 Å². The summed E-state index contributed by atoms with van der Waals surface area (Å²) in [6, 6.07) is 7.99. The van der Waals surface area contributed by atoms with Crippen molar-refractivity contribution in [1.82, 2.24) is 29.9 Å². The predicted octanol–water partition coefficient (Wildman–Crippen LogP) is 4.63. The number of halogens is 1. The standard InChI is InChI=1S/C33H44FN7O5/c1-9-35-30(42)24-17-23(31(43)37-28-12-13-39(8)38-28)21(3)16-26(24)45-27(25-11-10-20(2)29(34)36-25)19-40-14-15-41(22(4)18-40)32(44)46-33(5,6)7/h10-13,16-17,22,27H,9,14-15,18-19H2,1-8H3,(H,35,42)(H,37,38,43)/t22-,27-/m1/s1. The number of pyridine rings is 1. The van der Waals surface area contributed by atoms with Crippen molar-refractivity contribution in [2.45, 2.75) is 66.2 Å². The van der Waals surface area contributed by atoms with Crippen LogP contribution < -0.4 is 15.4 Å². The lowest BCUT2D eigenvalue weighted by Gasteiger charge is -2.41. The first kappa shape index (κ1) is 34.4. The van der Waals surface area contributed by atoms with Crippen LogP contribution in [0.2, 0.25) is 0 Å². The Morgan fingerprint density at radius 2 is 1.80 bits per heavy atom. The van der Waals surface area contributed by atoms with Crippen LogP contribution in [0.1, 0.15) is 78.3 Å². The van der Waals surface area contributed by atoms with Crippen LogP contribution >= 0.6 is 0 Å². The van der Waals surface area contributed by atoms with E-state index in [0.29, 0.717) is 55.4 Å². The maximum Gasteiger partial charge on any atom is 0.410 e. The van der Waals surface area contributed by atoms with E-state index in [0.717, 1.165) is 0 Å². The van der Waals surface area contributed by atoms with Gasteiger partial charge in [-0.3, -0.25) is 19.2 Å². The predicted molar refractivity (Wildman–Crippen MR) is 171 cm³/mol. The number of hydrogen-bond acceptors (Lipinski definition) is 8. The van der Waals surface area contributed by atoms with Crippen molar-refractivity contribution in [3.63, 3.8) is 0 Å². The molecular formula is C33H44FN7O5. The Morgan fingerprint density at radius 1 is 1.07 bits per heavy atom. The van der Waals surface area contributed by atoms with Gasteiger partial charge in [0.05, 0.1) is 11.3 Å². The first-order valence-corrected chi connectivity index (χ1v) is 15.4. The molecule has 0 bridgehead atoms. The third-order valence-electron chi connectivity index (χ3n) is 7.53. The lowest BCUT2D eigenvalue weighted by atomic mass is 10.0. The second-order valence-corrected chi connectivity index (χ2v) is 12.6. The minimum atomic E-state index is -0.781. The van der Waals surface area contributed by atoms with E-state index in [1.165, 1.54) is 6.07 Å². The van der Waals surface area contributed by atoms with Crippen molar-refractivity contribution in [1.29, 1.82) is 0 Å². The van der Waals surface area contributed by atoms with Gasteiger partial charge in [0, 0.05) is 69.2 Å². The van der Waals surface area contributed by atoms with E-state index >= 15 is 0 Å². The Balaban J connectivity index is 1.64. The summed E-state index contributed by atoms with van der Waals surface area (Å²) in [5, 5.41) is 9.74. The van der Waals surface area contributed by atoms with E-state index in [1.54, 1.807) is 67.9 Å². The zero-order valence-electron chi connectivity index (χ0n) is 27.8. The number of nitrogens with one attached hydrogen (secondary N) is 2. The number of carbonyl (C=O) groups excluding carboxylic acids is 3. The molecule has 0 radical (unpaired) electrons. The van der Waals surface area contributed by atoms with Gasteiger partial charge in [0.2, 0.25) is 5.95 Å². The smallest absolute Gasteiger partial charge is 0.410 e. The van der Waals surface area contributed by atoms with Crippen LogP contribution in [-0.2, 0) is 11.8 Å². The fourth-order valence-corrected chi connectivity index (χ4v) is 5.19. The summed E-state index contributed by atoms with van der Waals surface area (Å²) in [6.45, 7) is 14.7. The molecule has 12 nitrogen and oxygen atoms in total. The van der Waals surface area contributed by atoms with Crippen molar-refractivity contribution in [2.75, 3.05) is 38.0 Å². The van der Waals surface area contributed by atoms with Crippen molar-refractivity contribution in [3.05, 3.63) is 70.4 Å². The number of carbonyl (C=O) groups is 3. The number of amides is 3. The summed E-state index contributed by atoms with van der Waals surface area (Å²) in [4.78, 5) is 47.3. The molecule has 1 fully saturated rings. The van der Waals surface area contributed by atoms with Gasteiger partial charge in [0.25, 0.3) is 11.8 Å². The highest BCUT2D eigenvalue weighted by atomic mass is 19.1. The Hall–Kier alpha value is -4.52. The molecule has 0 aliphatic carbocycles. The van der Waals surface area contributed by atoms with Crippen LogP contribution in [0.5, 0.6) is 5.75 Å². The van der Waals surface area contributed by atoms with E-state index in [4.69, 9.17) is 9.47 Å². The summed E-state index contributed by atoms with van der Waals surface area (Å²) in [7, 11) is 1.74. The minimum absolute atomic E-state index is 0.152. The zero-order chi connectivity index (χ0) is 33.8. The fourth-order valence-electron chi connectivity index (χ4n) is 5.19. The van der Waals surface area contributed by atoms with Gasteiger partial charge in [-0.1, -0.05) is 6.07 Å². The molecule has 0 unspecified atom stereocenters. The molecule has 3 heterocycles. The highest BCUT2D eigenvalue weighted by Gasteiger charge is 2.33. The number of aromatic nitrogens is 3. The van der Waals surface area contributed by atoms with Gasteiger partial charge in [0.1, 0.15) is 11.4 Å². The quantitative estimate of drug-likeness (QED) is 0.325. The van der Waals surface area contributed by atoms with Crippen LogP contribution in [0, 0.1) is 19.8 Å². The first-order valence-electron chi connectivity index (χ1n) is 15.4. The van der Waals surface area contributed by atoms with Gasteiger partial charge < -0.3 is 25.0 Å². The van der Waals surface area contributed by atoms with Crippen molar-refractivity contribution >= 4 is 23.7 Å². The van der Waals surface area contributed by atoms with E-state index in [9.17, 15) is 18.8 Å². The van der Waals surface area contributed by atoms with Gasteiger partial charge in [-0.2, -0.15) is 9.49 Å². The average molecular weight is 638 g/mol. The van der Waals surface area contributed by atoms with Crippen molar-refractivity contribution in [2.24, 2.45) is 7.05 Å². The molecule has 0 saturated carbocycles. The number of nitrogens with zero attached hydrogens (tertiary/aromatic N) is 5. The van der Waals surface area contributed by atoms with Gasteiger partial charge in [-0.25, -0.2) is 9.78 Å². The number of piperazine rings is 1. The van der Waals surface area contributed by atoms with Crippen LogP contribution in [0.15, 0.2) is 36.5 Å². The number of rotatable bonds is 9. The fraction of sp³-hybridized carbons (Fsp3) is 0.485. The van der Waals surface area contributed by atoms with Gasteiger partial charge in [0.15, 0.2) is 11.9 Å². The molecular weight excluding hydrogens is 593 g/mol. The molecule has 13 heteroatoms. The number of hydrogen-bond donors (Lipinski definition) is 2. The maximum absolute atomic E-state index is 14.7. The Kier molecular flexibility index (Phi) is 10.7. The third-order valence-corrected chi connectivity index (χ3v) is 7.53. The number of anilines is 1. The molecule has 46 heavy (non-hydrogen) atoms. The first-order chi connectivity index (χ1) is 21.6. The molecule has 1 aliphatic heterocycles. The Morgan fingerprint density at radius 3 is 2.41 bits per heavy atom. The second-order valence-electron chi connectivity index (χ2n) is 12.6. The molecule has 1 aromatic carbocycles. The van der Waals surface area contributed by atoms with E-state index in [1.807, 2.05) is 27.7 Å². The summed E-state index contributed by atoms with van der Waals surface area (Å²) < 4.78 is 28.4. The van der Waals surface area contributed by atoms with E-state index in [2.05, 4.69) is 25.6 Å². The minimum Gasteiger partial charge on any atom is -0.482 e. The molecule has 4 rings (SSSR count). The normalized spacial score (nSPS) is 16.1. The maximum atomic E-state index is 14.7. The van der Waals surface area contributed by atoms with Gasteiger partial charge in [-0.15, -0.1) is 0 Å². The molecule has 2 atom stereocenters. The molecule has 3 aromatic rings. The summed E-state index contributed by atoms with van der Waals surface area (Å²) in [5.41, 5.74) is 1.13. The summed E-state index contributed by atoms with van der Waals surface area (Å²) in [6.07, 6.45) is 0.555. The Labute approximate surface area is 269 Å². The zero-order valence-corrected chi connectivity index (χ0v) is 27.8. The summed E-state index contributed by atoms with van der Waals surface area (Å²) >= 11 is 0. The second kappa shape index (κ2) is 14.3. The van der Waals surface area contributed by atoms with Crippen LogP contribution in [0.25, 0.3) is 0 Å². The number of aryl methyl sites for hydroxylation is 3. The largest absolute Gasteiger partial charge is 0.482 e. The highest BCUT2D eigenvalue weighted by molar-refractivity contribution is 6.07. The molecule has 1 saturated heterocycles. The van der Waals surface area contributed by atoms with Crippen molar-refractivity contribution in [3.8, 4) is 5.75 Å². The van der Waals surface area contributed by atoms with Gasteiger partial charge >= 0.3 is 6.09 Å². The van der Waals surface area contributed by atoms with Crippen LogP contribution in [0.4, 0.5) is 15.0 Å². The Bertz CT molecular complexity index is 1580. The molecule has 2 aromatic heterocycles. The monoisotopic (exact) mass is 637 g/mol. The molecule has 0 spiro atoms. The lowest BCUT2D eigenvalue weighted by Crippen LogP contribution is -2.55. The topological polar surface area (TPSA) is 131 Å². The average Bonchev–Trinajstić information content (AvgIpc) is 3.37. The molecule has 248 valence electrons. The summed E-state index contributed by atoms with van der Waals surface area (Å²) in [5.74, 6) is -0.864. The van der Waals surface area contributed by atoms with Crippen LogP contribution in [-0.4, -0.2) is 86.8 Å². The van der Waals surface area contributed by atoms with Crippen molar-refractivity contribution < 1.29 is 28.2 Å². The van der Waals surface area contributed by atoms with E-state index < -0.39 is 29.5 Å². The molecule has 3 amide bonds. The SMILES string of the molecule is CCNC(=O)c1cc(C(=O)Nc2ccn(C)n2)c(C)cc1O[C@H](CN1CCN(C(=O)OC(C)(C)C)[C@H](C)C1)c1ccc(C)c(F)n1. The third kappa shape index (κ3) is 8.59. The number of benzene rings is 1. The highest BCUT2D eigenvalue weighted by Crippen LogP contribution is 2.30. The lowest BCUT2D eigenvalue weighted by molar-refractivity contribution is -0.00320.